The van der Waals surface area contributed by atoms with E-state index in [0.29, 0.717) is 5.92 Å². The summed E-state index contributed by atoms with van der Waals surface area (Å²) < 4.78 is 3.16. The molecule has 4 heteroatoms. The fourth-order valence-corrected chi connectivity index (χ4v) is 3.34. The quantitative estimate of drug-likeness (QED) is 0.799. The Morgan fingerprint density at radius 3 is 2.62 bits per heavy atom. The Labute approximate surface area is 101 Å². The molecule has 16 heavy (non-hydrogen) atoms. The summed E-state index contributed by atoms with van der Waals surface area (Å²) in [5, 5.41) is 7.44. The molecule has 1 aromatic rings. The Kier molecular flexibility index (Phi) is 2.42. The first-order valence-corrected chi connectivity index (χ1v) is 6.79. The highest BCUT2D eigenvalue weighted by Crippen LogP contribution is 2.43. The van der Waals surface area contributed by atoms with Crippen molar-refractivity contribution in [1.82, 2.24) is 14.8 Å². The molecule has 3 nitrogen and oxygen atoms in total. The highest BCUT2D eigenvalue weighted by Gasteiger charge is 2.36. The summed E-state index contributed by atoms with van der Waals surface area (Å²) in [6.45, 7) is 2.35. The van der Waals surface area contributed by atoms with Crippen LogP contribution in [-0.4, -0.2) is 14.8 Å². The van der Waals surface area contributed by atoms with Crippen molar-refractivity contribution in [1.29, 1.82) is 0 Å². The molecule has 0 aliphatic heterocycles. The zero-order valence-electron chi connectivity index (χ0n) is 9.83. The van der Waals surface area contributed by atoms with E-state index in [4.69, 9.17) is 12.2 Å². The van der Waals surface area contributed by atoms with E-state index in [0.717, 1.165) is 4.77 Å². The molecule has 2 aliphatic carbocycles. The first-order chi connectivity index (χ1) is 7.71. The number of H-pyrrole nitrogens is 1. The lowest BCUT2D eigenvalue weighted by Gasteiger charge is -2.35. The molecule has 0 radical (unpaired) electrons. The van der Waals surface area contributed by atoms with Crippen molar-refractivity contribution in [2.75, 3.05) is 0 Å². The lowest BCUT2D eigenvalue weighted by molar-refractivity contribution is 0.210. The second kappa shape index (κ2) is 3.69. The smallest absolute Gasteiger partial charge is 0.195 e. The fraction of sp³-hybridized carbons (Fsp3) is 0.833. The van der Waals surface area contributed by atoms with E-state index < -0.39 is 0 Å². The number of hydrogen-bond acceptors (Lipinski definition) is 2. The fourth-order valence-electron chi connectivity index (χ4n) is 2.98. The minimum Gasteiger partial charge on any atom is -0.298 e. The van der Waals surface area contributed by atoms with Crippen LogP contribution in [0.4, 0.5) is 0 Å². The molecule has 2 aliphatic rings. The van der Waals surface area contributed by atoms with Crippen molar-refractivity contribution in [2.24, 2.45) is 0 Å². The highest BCUT2D eigenvalue weighted by atomic mass is 32.1. The van der Waals surface area contributed by atoms with Crippen LogP contribution in [-0.2, 0) is 5.54 Å². The van der Waals surface area contributed by atoms with E-state index in [-0.39, 0.29) is 5.54 Å². The van der Waals surface area contributed by atoms with Gasteiger partial charge in [0, 0.05) is 11.5 Å². The Morgan fingerprint density at radius 2 is 2.00 bits per heavy atom. The topological polar surface area (TPSA) is 33.6 Å². The third-order valence-electron chi connectivity index (χ3n) is 4.11. The van der Waals surface area contributed by atoms with Gasteiger partial charge in [0.15, 0.2) is 4.77 Å². The van der Waals surface area contributed by atoms with Gasteiger partial charge in [-0.2, -0.15) is 5.10 Å². The van der Waals surface area contributed by atoms with Gasteiger partial charge in [0.2, 0.25) is 0 Å². The van der Waals surface area contributed by atoms with Gasteiger partial charge in [0.1, 0.15) is 5.82 Å². The molecule has 0 atom stereocenters. The number of aromatic nitrogens is 3. The third-order valence-corrected chi connectivity index (χ3v) is 4.39. The first-order valence-electron chi connectivity index (χ1n) is 6.38. The van der Waals surface area contributed by atoms with Gasteiger partial charge in [-0.3, -0.25) is 9.67 Å². The van der Waals surface area contributed by atoms with Gasteiger partial charge in [-0.05, 0) is 44.8 Å². The van der Waals surface area contributed by atoms with Gasteiger partial charge in [0.05, 0.1) is 0 Å². The Morgan fingerprint density at radius 1 is 1.31 bits per heavy atom. The predicted molar refractivity (Wildman–Crippen MR) is 66.1 cm³/mol. The molecule has 0 saturated heterocycles. The van der Waals surface area contributed by atoms with Crippen molar-refractivity contribution in [2.45, 2.75) is 63.3 Å². The van der Waals surface area contributed by atoms with Crippen LogP contribution in [0.5, 0.6) is 0 Å². The summed E-state index contributed by atoms with van der Waals surface area (Å²) >= 11 is 5.42. The van der Waals surface area contributed by atoms with E-state index in [2.05, 4.69) is 21.7 Å². The predicted octanol–water partition coefficient (Wildman–Crippen LogP) is 3.50. The Balaban J connectivity index is 2.03. The molecule has 2 fully saturated rings. The summed E-state index contributed by atoms with van der Waals surface area (Å²) in [6, 6.07) is 0. The van der Waals surface area contributed by atoms with Crippen LogP contribution >= 0.6 is 12.2 Å². The number of hydrogen-bond donors (Lipinski definition) is 1. The molecule has 2 saturated carbocycles. The van der Waals surface area contributed by atoms with Gasteiger partial charge in [-0.15, -0.1) is 0 Å². The van der Waals surface area contributed by atoms with Crippen LogP contribution in [0.1, 0.15) is 63.6 Å². The second-order valence-corrected chi connectivity index (χ2v) is 5.94. The molecule has 3 rings (SSSR count). The van der Waals surface area contributed by atoms with Crippen molar-refractivity contribution in [3.8, 4) is 0 Å². The van der Waals surface area contributed by atoms with Crippen LogP contribution in [0.25, 0.3) is 0 Å². The molecular formula is C12H19N3S. The molecule has 1 aromatic heterocycles. The Bertz CT molecular complexity index is 435. The van der Waals surface area contributed by atoms with E-state index in [9.17, 15) is 0 Å². The maximum Gasteiger partial charge on any atom is 0.195 e. The minimum atomic E-state index is 0.222. The number of rotatable bonds is 2. The SMILES string of the molecule is CC1(n2c(C3CC3)n[nH]c2=S)CCCCC1. The molecule has 0 spiro atoms. The van der Waals surface area contributed by atoms with Crippen LogP contribution in [0.15, 0.2) is 0 Å². The number of aromatic amines is 1. The molecule has 1 N–H and O–H groups in total. The normalized spacial score (nSPS) is 24.6. The van der Waals surface area contributed by atoms with Crippen LogP contribution in [0, 0.1) is 4.77 Å². The lowest BCUT2D eigenvalue weighted by atomic mass is 9.83. The van der Waals surface area contributed by atoms with Crippen molar-refractivity contribution < 1.29 is 0 Å². The Hall–Kier alpha value is -0.640. The van der Waals surface area contributed by atoms with Crippen LogP contribution in [0.2, 0.25) is 0 Å². The maximum absolute atomic E-state index is 5.42. The number of nitrogens with zero attached hydrogens (tertiary/aromatic N) is 2. The van der Waals surface area contributed by atoms with Gasteiger partial charge < -0.3 is 0 Å². The van der Waals surface area contributed by atoms with E-state index in [1.54, 1.807) is 0 Å². The molecule has 0 bridgehead atoms. The van der Waals surface area contributed by atoms with Gasteiger partial charge in [-0.1, -0.05) is 19.3 Å². The first kappa shape index (κ1) is 10.5. The average Bonchev–Trinajstić information content (AvgIpc) is 3.03. The largest absolute Gasteiger partial charge is 0.298 e. The van der Waals surface area contributed by atoms with Crippen molar-refractivity contribution in [3.63, 3.8) is 0 Å². The van der Waals surface area contributed by atoms with E-state index in [1.807, 2.05) is 0 Å². The van der Waals surface area contributed by atoms with Crippen LogP contribution in [0.3, 0.4) is 0 Å². The molecular weight excluding hydrogens is 218 g/mol. The summed E-state index contributed by atoms with van der Waals surface area (Å²) in [6.07, 6.45) is 9.10. The monoisotopic (exact) mass is 237 g/mol. The van der Waals surface area contributed by atoms with E-state index >= 15 is 0 Å². The van der Waals surface area contributed by atoms with Gasteiger partial charge in [0.25, 0.3) is 0 Å². The molecule has 0 unspecified atom stereocenters. The highest BCUT2D eigenvalue weighted by molar-refractivity contribution is 7.71. The summed E-state index contributed by atoms with van der Waals surface area (Å²) in [5.41, 5.74) is 0.222. The second-order valence-electron chi connectivity index (χ2n) is 5.55. The molecule has 0 aromatic carbocycles. The average molecular weight is 237 g/mol. The summed E-state index contributed by atoms with van der Waals surface area (Å²) in [7, 11) is 0. The third kappa shape index (κ3) is 1.63. The standard InChI is InChI=1S/C12H19N3S/c1-12(7-3-2-4-8-12)15-10(9-5-6-9)13-14-11(15)16/h9H,2-8H2,1H3,(H,14,16). The number of nitrogens with one attached hydrogen (secondary N) is 1. The lowest BCUT2D eigenvalue weighted by Crippen LogP contribution is -2.34. The zero-order chi connectivity index (χ0) is 11.2. The summed E-state index contributed by atoms with van der Waals surface area (Å²) in [5.74, 6) is 1.89. The molecule has 0 amide bonds. The van der Waals surface area contributed by atoms with Crippen molar-refractivity contribution >= 4 is 12.2 Å². The van der Waals surface area contributed by atoms with Gasteiger partial charge >= 0.3 is 0 Å². The van der Waals surface area contributed by atoms with Gasteiger partial charge in [-0.25, -0.2) is 0 Å². The van der Waals surface area contributed by atoms with Crippen molar-refractivity contribution in [3.05, 3.63) is 10.6 Å². The zero-order valence-corrected chi connectivity index (χ0v) is 10.6. The maximum atomic E-state index is 5.42. The van der Waals surface area contributed by atoms with Crippen LogP contribution < -0.4 is 0 Å². The molecule has 1 heterocycles. The van der Waals surface area contributed by atoms with E-state index in [1.165, 1.54) is 50.8 Å². The summed E-state index contributed by atoms with van der Waals surface area (Å²) in [4.78, 5) is 0. The minimum absolute atomic E-state index is 0.222. The molecule has 88 valence electrons.